The minimum atomic E-state index is -0.746. The maximum Gasteiger partial charge on any atom is 0.278 e. The van der Waals surface area contributed by atoms with Crippen LogP contribution < -0.4 is 5.32 Å². The summed E-state index contributed by atoms with van der Waals surface area (Å²) in [5, 5.41) is 11.0. The minimum absolute atomic E-state index is 0.00126. The van der Waals surface area contributed by atoms with Crippen molar-refractivity contribution in [2.75, 3.05) is 5.32 Å². The third kappa shape index (κ3) is 3.26. The number of rotatable bonds is 3. The Kier molecular flexibility index (Phi) is 4.26. The van der Waals surface area contributed by atoms with Gasteiger partial charge in [0.1, 0.15) is 11.6 Å². The van der Waals surface area contributed by atoms with Gasteiger partial charge in [-0.2, -0.15) is 9.90 Å². The molecule has 1 amide bonds. The van der Waals surface area contributed by atoms with Gasteiger partial charge in [0.05, 0.1) is 17.1 Å². The molecule has 0 spiro atoms. The van der Waals surface area contributed by atoms with Crippen LogP contribution in [0.5, 0.6) is 0 Å². The van der Waals surface area contributed by atoms with Gasteiger partial charge >= 0.3 is 0 Å². The van der Waals surface area contributed by atoms with Crippen molar-refractivity contribution in [3.63, 3.8) is 0 Å². The molecule has 1 aromatic heterocycles. The van der Waals surface area contributed by atoms with Gasteiger partial charge in [-0.3, -0.25) is 4.79 Å². The summed E-state index contributed by atoms with van der Waals surface area (Å²) in [5.74, 6) is -2.10. The number of carbonyl (C=O) groups is 1. The van der Waals surface area contributed by atoms with E-state index in [1.165, 1.54) is 4.80 Å². The first kappa shape index (κ1) is 16.1. The molecule has 5 nitrogen and oxygen atoms in total. The summed E-state index contributed by atoms with van der Waals surface area (Å²) >= 11 is 5.92. The fourth-order valence-corrected chi connectivity index (χ4v) is 2.26. The normalized spacial score (nSPS) is 10.7. The number of carbonyl (C=O) groups excluding carboxylic acids is 1. The topological polar surface area (TPSA) is 59.8 Å². The van der Waals surface area contributed by atoms with Gasteiger partial charge in [-0.15, -0.1) is 5.10 Å². The minimum Gasteiger partial charge on any atom is -0.318 e. The van der Waals surface area contributed by atoms with E-state index in [4.69, 9.17) is 11.6 Å². The molecule has 0 radical (unpaired) electrons. The van der Waals surface area contributed by atoms with Gasteiger partial charge in [-0.05, 0) is 37.3 Å². The Morgan fingerprint density at radius 2 is 1.96 bits per heavy atom. The predicted molar refractivity (Wildman–Crippen MR) is 85.4 cm³/mol. The molecule has 0 aliphatic heterocycles. The van der Waals surface area contributed by atoms with Gasteiger partial charge in [-0.25, -0.2) is 8.78 Å². The third-order valence-electron chi connectivity index (χ3n) is 3.21. The van der Waals surface area contributed by atoms with E-state index in [0.29, 0.717) is 16.4 Å². The highest BCUT2D eigenvalue weighted by molar-refractivity contribution is 6.30. The van der Waals surface area contributed by atoms with Crippen molar-refractivity contribution in [3.8, 4) is 5.69 Å². The smallest absolute Gasteiger partial charge is 0.278 e. The zero-order valence-corrected chi connectivity index (χ0v) is 13.2. The number of amides is 1. The zero-order chi connectivity index (χ0) is 17.3. The summed E-state index contributed by atoms with van der Waals surface area (Å²) in [4.78, 5) is 13.5. The van der Waals surface area contributed by atoms with Crippen LogP contribution in [0.1, 0.15) is 16.2 Å². The van der Waals surface area contributed by atoms with Crippen LogP contribution in [0, 0.1) is 18.6 Å². The molecule has 1 N–H and O–H groups in total. The van der Waals surface area contributed by atoms with Crippen LogP contribution in [0.25, 0.3) is 5.69 Å². The van der Waals surface area contributed by atoms with Crippen molar-refractivity contribution >= 4 is 23.2 Å². The SMILES string of the molecule is Cc1nn(-c2cccc(Cl)c2)nc1C(=O)Nc1cc(F)ccc1F. The lowest BCUT2D eigenvalue weighted by Gasteiger charge is -2.05. The van der Waals surface area contributed by atoms with E-state index in [9.17, 15) is 13.6 Å². The lowest BCUT2D eigenvalue weighted by molar-refractivity contribution is 0.102. The van der Waals surface area contributed by atoms with Crippen molar-refractivity contribution < 1.29 is 13.6 Å². The first-order chi connectivity index (χ1) is 11.4. The molecule has 0 aliphatic carbocycles. The number of hydrogen-bond acceptors (Lipinski definition) is 3. The monoisotopic (exact) mass is 348 g/mol. The molecule has 3 rings (SSSR count). The molecule has 0 atom stereocenters. The number of anilines is 1. The number of nitrogens with zero attached hydrogens (tertiary/aromatic N) is 3. The maximum absolute atomic E-state index is 13.6. The molecule has 0 fully saturated rings. The average Bonchev–Trinajstić information content (AvgIpc) is 2.93. The van der Waals surface area contributed by atoms with Crippen LogP contribution in [0.4, 0.5) is 14.5 Å². The summed E-state index contributed by atoms with van der Waals surface area (Å²) < 4.78 is 26.8. The lowest BCUT2D eigenvalue weighted by Crippen LogP contribution is -2.15. The number of hydrogen-bond donors (Lipinski definition) is 1. The molecule has 0 aliphatic rings. The number of benzene rings is 2. The molecular weight excluding hydrogens is 338 g/mol. The summed E-state index contributed by atoms with van der Waals surface area (Å²) in [6.45, 7) is 1.59. The third-order valence-corrected chi connectivity index (χ3v) is 3.45. The molecule has 0 saturated heterocycles. The van der Waals surface area contributed by atoms with Crippen LogP contribution in [-0.4, -0.2) is 20.9 Å². The first-order valence-corrected chi connectivity index (χ1v) is 7.28. The fraction of sp³-hybridized carbons (Fsp3) is 0.0625. The molecule has 0 bridgehead atoms. The second-order valence-electron chi connectivity index (χ2n) is 4.98. The van der Waals surface area contributed by atoms with Gasteiger partial charge in [0.15, 0.2) is 5.69 Å². The molecule has 2 aromatic carbocycles. The van der Waals surface area contributed by atoms with Crippen LogP contribution in [0.3, 0.4) is 0 Å². The molecule has 24 heavy (non-hydrogen) atoms. The van der Waals surface area contributed by atoms with Gasteiger partial charge in [0.25, 0.3) is 5.91 Å². The molecule has 0 unspecified atom stereocenters. The van der Waals surface area contributed by atoms with E-state index in [2.05, 4.69) is 15.5 Å². The Morgan fingerprint density at radius 3 is 2.71 bits per heavy atom. The van der Waals surface area contributed by atoms with Crippen molar-refractivity contribution in [2.24, 2.45) is 0 Å². The summed E-state index contributed by atoms with van der Waals surface area (Å²) in [6.07, 6.45) is 0. The van der Waals surface area contributed by atoms with E-state index in [0.717, 1.165) is 18.2 Å². The van der Waals surface area contributed by atoms with E-state index < -0.39 is 17.5 Å². The van der Waals surface area contributed by atoms with Crippen molar-refractivity contribution in [1.82, 2.24) is 15.0 Å². The second-order valence-corrected chi connectivity index (χ2v) is 5.42. The number of aryl methyl sites for hydroxylation is 1. The maximum atomic E-state index is 13.6. The van der Waals surface area contributed by atoms with Crippen LogP contribution >= 0.6 is 11.6 Å². The highest BCUT2D eigenvalue weighted by Crippen LogP contribution is 2.18. The van der Waals surface area contributed by atoms with Crippen molar-refractivity contribution in [3.05, 3.63) is 70.5 Å². The second kappa shape index (κ2) is 6.37. The number of nitrogens with one attached hydrogen (secondary N) is 1. The molecule has 8 heteroatoms. The van der Waals surface area contributed by atoms with E-state index in [-0.39, 0.29) is 11.4 Å². The van der Waals surface area contributed by atoms with E-state index in [1.807, 2.05) is 0 Å². The summed E-state index contributed by atoms with van der Waals surface area (Å²) in [6, 6.07) is 9.56. The van der Waals surface area contributed by atoms with Crippen LogP contribution in [-0.2, 0) is 0 Å². The Morgan fingerprint density at radius 1 is 1.17 bits per heavy atom. The average molecular weight is 349 g/mol. The Labute approximate surface area is 140 Å². The Hall–Kier alpha value is -2.80. The number of aromatic nitrogens is 3. The van der Waals surface area contributed by atoms with Crippen LogP contribution in [0.2, 0.25) is 5.02 Å². The highest BCUT2D eigenvalue weighted by Gasteiger charge is 2.18. The van der Waals surface area contributed by atoms with Gasteiger partial charge in [0.2, 0.25) is 0 Å². The standard InChI is InChI=1S/C16H11ClF2N4O/c1-9-15(16(24)20-14-8-11(18)5-6-13(14)19)22-23(21-9)12-4-2-3-10(17)7-12/h2-8H,1H3,(H,20,24). The zero-order valence-electron chi connectivity index (χ0n) is 12.4. The number of halogens is 3. The van der Waals surface area contributed by atoms with Crippen molar-refractivity contribution in [1.29, 1.82) is 0 Å². The molecule has 0 saturated carbocycles. The van der Waals surface area contributed by atoms with Crippen LogP contribution in [0.15, 0.2) is 42.5 Å². The fourth-order valence-electron chi connectivity index (χ4n) is 2.08. The van der Waals surface area contributed by atoms with Crippen molar-refractivity contribution in [2.45, 2.75) is 6.92 Å². The quantitative estimate of drug-likeness (QED) is 0.784. The Balaban J connectivity index is 1.90. The largest absolute Gasteiger partial charge is 0.318 e. The molecule has 3 aromatic rings. The van der Waals surface area contributed by atoms with E-state index in [1.54, 1.807) is 31.2 Å². The molecule has 1 heterocycles. The summed E-state index contributed by atoms with van der Waals surface area (Å²) in [5.41, 5.74) is 0.640. The predicted octanol–water partition coefficient (Wildman–Crippen LogP) is 3.76. The lowest BCUT2D eigenvalue weighted by atomic mass is 10.2. The van der Waals surface area contributed by atoms with Gasteiger partial charge in [-0.1, -0.05) is 17.7 Å². The first-order valence-electron chi connectivity index (χ1n) is 6.90. The van der Waals surface area contributed by atoms with Gasteiger partial charge < -0.3 is 5.32 Å². The summed E-state index contributed by atoms with van der Waals surface area (Å²) in [7, 11) is 0. The van der Waals surface area contributed by atoms with Gasteiger partial charge in [0, 0.05) is 11.1 Å². The van der Waals surface area contributed by atoms with E-state index >= 15 is 0 Å². The molecule has 122 valence electrons. The molecular formula is C16H11ClF2N4O. The highest BCUT2D eigenvalue weighted by atomic mass is 35.5. The Bertz CT molecular complexity index is 926.